The molecule has 1 amide bonds. The van der Waals surface area contributed by atoms with Crippen LogP contribution in [0.3, 0.4) is 0 Å². The van der Waals surface area contributed by atoms with Crippen LogP contribution in [0, 0.1) is 13.8 Å². The number of amides is 1. The van der Waals surface area contributed by atoms with Gasteiger partial charge in [0.1, 0.15) is 0 Å². The second-order valence-electron chi connectivity index (χ2n) is 7.50. The van der Waals surface area contributed by atoms with E-state index in [9.17, 15) is 13.2 Å². The van der Waals surface area contributed by atoms with Crippen LogP contribution in [0.25, 0.3) is 0 Å². The second-order valence-corrected chi connectivity index (χ2v) is 9.40. The molecule has 6 nitrogen and oxygen atoms in total. The Bertz CT molecular complexity index is 938. The summed E-state index contributed by atoms with van der Waals surface area (Å²) < 4.78 is 25.9. The number of hydrogen-bond acceptors (Lipinski definition) is 4. The van der Waals surface area contributed by atoms with Crippen LogP contribution in [0.15, 0.2) is 42.5 Å². The summed E-state index contributed by atoms with van der Waals surface area (Å²) >= 11 is 0. The molecule has 29 heavy (non-hydrogen) atoms. The Morgan fingerprint density at radius 1 is 1.03 bits per heavy atom. The summed E-state index contributed by atoms with van der Waals surface area (Å²) in [5.74, 6) is -0.0869. The average molecular weight is 418 g/mol. The minimum atomic E-state index is -3.42. The molecule has 0 bridgehead atoms. The third kappa shape index (κ3) is 6.49. The molecule has 0 heterocycles. The Morgan fingerprint density at radius 3 is 2.28 bits per heavy atom. The highest BCUT2D eigenvalue weighted by Gasteiger charge is 2.19. The number of anilines is 2. The first kappa shape index (κ1) is 22.7. The van der Waals surface area contributed by atoms with Crippen molar-refractivity contribution in [2.45, 2.75) is 33.2 Å². The molecule has 7 heteroatoms. The third-order valence-electron chi connectivity index (χ3n) is 4.95. The van der Waals surface area contributed by atoms with Gasteiger partial charge >= 0.3 is 0 Å². The van der Waals surface area contributed by atoms with Gasteiger partial charge in [-0.05, 0) is 55.2 Å². The summed E-state index contributed by atoms with van der Waals surface area (Å²) in [5.41, 5.74) is 4.77. The minimum absolute atomic E-state index is 0.0869. The van der Waals surface area contributed by atoms with Gasteiger partial charge in [0.2, 0.25) is 15.9 Å². The summed E-state index contributed by atoms with van der Waals surface area (Å²) in [6.45, 7) is 4.60. The van der Waals surface area contributed by atoms with Gasteiger partial charge in [0.05, 0.1) is 11.9 Å². The van der Waals surface area contributed by atoms with E-state index in [0.717, 1.165) is 22.4 Å². The highest BCUT2D eigenvalue weighted by molar-refractivity contribution is 7.92. The van der Waals surface area contributed by atoms with Crippen molar-refractivity contribution in [3.05, 3.63) is 59.2 Å². The molecule has 0 fully saturated rings. The van der Waals surface area contributed by atoms with Gasteiger partial charge in [-0.3, -0.25) is 9.10 Å². The average Bonchev–Trinajstić information content (AvgIpc) is 2.65. The van der Waals surface area contributed by atoms with Crippen molar-refractivity contribution in [1.29, 1.82) is 0 Å². The SMILES string of the molecule is Cc1cccc(N(CCCC(=O)NCc2ccc(N(C)C)cc2)S(C)(=O)=O)c1C. The van der Waals surface area contributed by atoms with E-state index in [0.29, 0.717) is 18.7 Å². The lowest BCUT2D eigenvalue weighted by Crippen LogP contribution is -2.32. The van der Waals surface area contributed by atoms with E-state index in [1.54, 1.807) is 6.07 Å². The quantitative estimate of drug-likeness (QED) is 0.680. The van der Waals surface area contributed by atoms with Crippen molar-refractivity contribution >= 4 is 27.3 Å². The maximum atomic E-state index is 12.3. The molecule has 0 saturated heterocycles. The van der Waals surface area contributed by atoms with Crippen LogP contribution in [-0.2, 0) is 21.4 Å². The molecule has 2 rings (SSSR count). The third-order valence-corrected chi connectivity index (χ3v) is 6.13. The number of rotatable bonds is 9. The molecule has 158 valence electrons. The first-order valence-corrected chi connectivity index (χ1v) is 11.5. The Balaban J connectivity index is 1.90. The Kier molecular flexibility index (Phi) is 7.67. The lowest BCUT2D eigenvalue weighted by molar-refractivity contribution is -0.121. The zero-order chi connectivity index (χ0) is 21.6. The molecule has 0 aliphatic heterocycles. The number of carbonyl (C=O) groups is 1. The first-order chi connectivity index (χ1) is 13.6. The monoisotopic (exact) mass is 417 g/mol. The molecule has 0 saturated carbocycles. The van der Waals surface area contributed by atoms with Gasteiger partial charge in [-0.1, -0.05) is 24.3 Å². The van der Waals surface area contributed by atoms with Crippen LogP contribution in [0.1, 0.15) is 29.5 Å². The number of nitrogens with zero attached hydrogens (tertiary/aromatic N) is 2. The lowest BCUT2D eigenvalue weighted by atomic mass is 10.1. The maximum absolute atomic E-state index is 12.3. The number of carbonyl (C=O) groups excluding carboxylic acids is 1. The van der Waals surface area contributed by atoms with Gasteiger partial charge in [-0.15, -0.1) is 0 Å². The fraction of sp³-hybridized carbons (Fsp3) is 0.409. The summed E-state index contributed by atoms with van der Waals surface area (Å²) in [7, 11) is 0.538. The summed E-state index contributed by atoms with van der Waals surface area (Å²) in [6, 6.07) is 13.6. The van der Waals surface area contributed by atoms with Gasteiger partial charge < -0.3 is 10.2 Å². The Hall–Kier alpha value is -2.54. The maximum Gasteiger partial charge on any atom is 0.232 e. The van der Waals surface area contributed by atoms with Crippen molar-refractivity contribution in [1.82, 2.24) is 5.32 Å². The van der Waals surface area contributed by atoms with Gasteiger partial charge in [0.25, 0.3) is 0 Å². The second kappa shape index (κ2) is 9.78. The summed E-state index contributed by atoms with van der Waals surface area (Å²) in [6.07, 6.45) is 1.92. The largest absolute Gasteiger partial charge is 0.378 e. The Labute approximate surface area is 174 Å². The van der Waals surface area contributed by atoms with E-state index in [1.807, 2.05) is 69.2 Å². The molecule has 0 aliphatic carbocycles. The number of aryl methyl sites for hydroxylation is 1. The van der Waals surface area contributed by atoms with Crippen LogP contribution in [-0.4, -0.2) is 41.2 Å². The molecule has 0 radical (unpaired) electrons. The van der Waals surface area contributed by atoms with Crippen molar-refractivity contribution < 1.29 is 13.2 Å². The Morgan fingerprint density at radius 2 is 1.69 bits per heavy atom. The van der Waals surface area contributed by atoms with Crippen LogP contribution < -0.4 is 14.5 Å². The van der Waals surface area contributed by atoms with E-state index in [2.05, 4.69) is 5.32 Å². The number of hydrogen-bond donors (Lipinski definition) is 1. The van der Waals surface area contributed by atoms with E-state index in [4.69, 9.17) is 0 Å². The van der Waals surface area contributed by atoms with Crippen LogP contribution in [0.2, 0.25) is 0 Å². The first-order valence-electron chi connectivity index (χ1n) is 9.66. The smallest absolute Gasteiger partial charge is 0.232 e. The fourth-order valence-corrected chi connectivity index (χ4v) is 4.07. The predicted molar refractivity (Wildman–Crippen MR) is 120 cm³/mol. The molecule has 0 unspecified atom stereocenters. The fourth-order valence-electron chi connectivity index (χ4n) is 3.05. The molecule has 0 spiro atoms. The highest BCUT2D eigenvalue weighted by Crippen LogP contribution is 2.25. The van der Waals surface area contributed by atoms with Crippen molar-refractivity contribution in [2.75, 3.05) is 36.1 Å². The summed E-state index contributed by atoms with van der Waals surface area (Å²) in [4.78, 5) is 14.2. The van der Waals surface area contributed by atoms with E-state index >= 15 is 0 Å². The van der Waals surface area contributed by atoms with Crippen molar-refractivity contribution in [2.24, 2.45) is 0 Å². The van der Waals surface area contributed by atoms with Crippen LogP contribution >= 0.6 is 0 Å². The summed E-state index contributed by atoms with van der Waals surface area (Å²) in [5, 5.41) is 2.90. The standard InChI is InChI=1S/C22H31N3O3S/c1-17-8-6-9-21(18(17)2)25(29(5,27)28)15-7-10-22(26)23-16-19-11-13-20(14-12-19)24(3)4/h6,8-9,11-14H,7,10,15-16H2,1-5H3,(H,23,26). The molecule has 0 aliphatic rings. The molecular weight excluding hydrogens is 386 g/mol. The number of sulfonamides is 1. The minimum Gasteiger partial charge on any atom is -0.378 e. The zero-order valence-corrected chi connectivity index (χ0v) is 18.7. The van der Waals surface area contributed by atoms with Gasteiger partial charge in [-0.2, -0.15) is 0 Å². The normalized spacial score (nSPS) is 11.2. The van der Waals surface area contributed by atoms with Crippen molar-refractivity contribution in [3.8, 4) is 0 Å². The highest BCUT2D eigenvalue weighted by atomic mass is 32.2. The molecule has 2 aromatic carbocycles. The number of benzene rings is 2. The van der Waals surface area contributed by atoms with Crippen LogP contribution in [0.5, 0.6) is 0 Å². The molecule has 1 N–H and O–H groups in total. The molecule has 2 aromatic rings. The van der Waals surface area contributed by atoms with Crippen LogP contribution in [0.4, 0.5) is 11.4 Å². The van der Waals surface area contributed by atoms with E-state index in [1.165, 1.54) is 10.6 Å². The molecule has 0 atom stereocenters. The topological polar surface area (TPSA) is 69.7 Å². The van der Waals surface area contributed by atoms with Crippen molar-refractivity contribution in [3.63, 3.8) is 0 Å². The molecular formula is C22H31N3O3S. The van der Waals surface area contributed by atoms with Gasteiger partial charge in [0, 0.05) is 39.3 Å². The lowest BCUT2D eigenvalue weighted by Gasteiger charge is -2.24. The zero-order valence-electron chi connectivity index (χ0n) is 17.9. The van der Waals surface area contributed by atoms with Gasteiger partial charge in [-0.25, -0.2) is 8.42 Å². The molecule has 0 aromatic heterocycles. The van der Waals surface area contributed by atoms with Gasteiger partial charge in [0.15, 0.2) is 0 Å². The van der Waals surface area contributed by atoms with E-state index in [-0.39, 0.29) is 18.9 Å². The predicted octanol–water partition coefficient (Wildman–Crippen LogP) is 3.23. The van der Waals surface area contributed by atoms with E-state index < -0.39 is 10.0 Å². The number of nitrogens with one attached hydrogen (secondary N) is 1.